The molecule has 2 atom stereocenters. The number of benzene rings is 1. The van der Waals surface area contributed by atoms with E-state index in [2.05, 4.69) is 0 Å². The van der Waals surface area contributed by atoms with Crippen LogP contribution in [0.1, 0.15) is 31.9 Å². The summed E-state index contributed by atoms with van der Waals surface area (Å²) in [7, 11) is 0. The molecule has 0 radical (unpaired) electrons. The van der Waals surface area contributed by atoms with Gasteiger partial charge in [-0.2, -0.15) is 0 Å². The lowest BCUT2D eigenvalue weighted by molar-refractivity contribution is 0.419. The molecular formula is C11H14ClF2N. The van der Waals surface area contributed by atoms with Crippen LogP contribution in [0.2, 0.25) is 5.02 Å². The molecule has 0 fully saturated rings. The van der Waals surface area contributed by atoms with Crippen molar-refractivity contribution in [3.8, 4) is 0 Å². The second-order valence-corrected chi connectivity index (χ2v) is 4.08. The highest BCUT2D eigenvalue weighted by Crippen LogP contribution is 2.30. The summed E-state index contributed by atoms with van der Waals surface area (Å²) in [5.74, 6) is -1.37. The summed E-state index contributed by atoms with van der Waals surface area (Å²) in [6, 6.07) is 1.68. The van der Waals surface area contributed by atoms with E-state index in [0.29, 0.717) is 0 Å². The van der Waals surface area contributed by atoms with E-state index in [4.69, 9.17) is 17.3 Å². The van der Waals surface area contributed by atoms with Gasteiger partial charge in [-0.25, -0.2) is 8.78 Å². The molecule has 0 aromatic heterocycles. The minimum absolute atomic E-state index is 0.00691. The van der Waals surface area contributed by atoms with Crippen molar-refractivity contribution in [2.24, 2.45) is 11.7 Å². The Bertz CT molecular complexity index is 355. The molecule has 0 aliphatic rings. The van der Waals surface area contributed by atoms with Crippen molar-refractivity contribution in [3.63, 3.8) is 0 Å². The molecule has 1 aromatic rings. The van der Waals surface area contributed by atoms with Crippen molar-refractivity contribution in [2.45, 2.75) is 26.3 Å². The molecule has 0 aliphatic heterocycles. The molecule has 1 unspecified atom stereocenters. The number of hydrogen-bond donors (Lipinski definition) is 1. The summed E-state index contributed by atoms with van der Waals surface area (Å²) in [5.41, 5.74) is 5.67. The van der Waals surface area contributed by atoms with Gasteiger partial charge < -0.3 is 5.73 Å². The van der Waals surface area contributed by atoms with Crippen molar-refractivity contribution in [2.75, 3.05) is 0 Å². The second kappa shape index (κ2) is 4.90. The van der Waals surface area contributed by atoms with E-state index < -0.39 is 17.7 Å². The van der Waals surface area contributed by atoms with Gasteiger partial charge >= 0.3 is 0 Å². The summed E-state index contributed by atoms with van der Waals surface area (Å²) in [6.45, 7) is 3.77. The highest BCUT2D eigenvalue weighted by Gasteiger charge is 2.22. The summed E-state index contributed by atoms with van der Waals surface area (Å²) in [5, 5.41) is -0.0925. The Labute approximate surface area is 93.2 Å². The lowest BCUT2D eigenvalue weighted by Crippen LogP contribution is -2.21. The first-order valence-electron chi connectivity index (χ1n) is 4.88. The van der Waals surface area contributed by atoms with Gasteiger partial charge in [0.15, 0.2) is 0 Å². The number of nitrogens with two attached hydrogens (primary N) is 1. The van der Waals surface area contributed by atoms with E-state index in [0.717, 1.165) is 12.5 Å². The predicted octanol–water partition coefficient (Wildman–Crippen LogP) is 3.66. The van der Waals surface area contributed by atoms with Gasteiger partial charge in [0.1, 0.15) is 11.6 Å². The first kappa shape index (κ1) is 12.4. The Hall–Kier alpha value is -0.670. The van der Waals surface area contributed by atoms with Gasteiger partial charge in [0, 0.05) is 11.6 Å². The molecule has 1 aromatic carbocycles. The molecule has 2 N–H and O–H groups in total. The molecule has 0 heterocycles. The summed E-state index contributed by atoms with van der Waals surface area (Å²) in [4.78, 5) is 0. The number of halogens is 3. The SMILES string of the molecule is CCC(C)[C@H](N)c1c(F)ccc(Cl)c1F. The zero-order chi connectivity index (χ0) is 11.6. The normalized spacial score (nSPS) is 15.1. The number of hydrogen-bond acceptors (Lipinski definition) is 1. The average Bonchev–Trinajstić information content (AvgIpc) is 2.22. The minimum Gasteiger partial charge on any atom is -0.324 e. The van der Waals surface area contributed by atoms with Crippen molar-refractivity contribution < 1.29 is 8.78 Å². The molecule has 0 saturated heterocycles. The van der Waals surface area contributed by atoms with Crippen LogP contribution in [0.3, 0.4) is 0 Å². The van der Waals surface area contributed by atoms with Gasteiger partial charge in [-0.15, -0.1) is 0 Å². The average molecular weight is 234 g/mol. The van der Waals surface area contributed by atoms with Gasteiger partial charge in [0.2, 0.25) is 0 Å². The van der Waals surface area contributed by atoms with E-state index in [-0.39, 0.29) is 16.5 Å². The van der Waals surface area contributed by atoms with Crippen molar-refractivity contribution >= 4 is 11.6 Å². The first-order chi connectivity index (χ1) is 6.99. The highest BCUT2D eigenvalue weighted by atomic mass is 35.5. The van der Waals surface area contributed by atoms with Crippen LogP contribution >= 0.6 is 11.6 Å². The summed E-state index contributed by atoms with van der Waals surface area (Å²) >= 11 is 5.58. The predicted molar refractivity (Wildman–Crippen MR) is 57.8 cm³/mol. The Kier molecular flexibility index (Phi) is 4.05. The fourth-order valence-corrected chi connectivity index (χ4v) is 1.55. The summed E-state index contributed by atoms with van der Waals surface area (Å²) < 4.78 is 27.0. The Morgan fingerprint density at radius 3 is 2.53 bits per heavy atom. The van der Waals surface area contributed by atoms with Gasteiger partial charge in [0.05, 0.1) is 5.02 Å². The van der Waals surface area contributed by atoms with Crippen LogP contribution in [0.5, 0.6) is 0 Å². The van der Waals surface area contributed by atoms with Crippen molar-refractivity contribution in [3.05, 3.63) is 34.4 Å². The lowest BCUT2D eigenvalue weighted by atomic mass is 9.92. The van der Waals surface area contributed by atoms with Crippen LogP contribution in [0.25, 0.3) is 0 Å². The van der Waals surface area contributed by atoms with Crippen LogP contribution in [-0.2, 0) is 0 Å². The maximum absolute atomic E-state index is 13.6. The third kappa shape index (κ3) is 2.47. The molecule has 1 nitrogen and oxygen atoms in total. The molecule has 4 heteroatoms. The molecular weight excluding hydrogens is 220 g/mol. The van der Waals surface area contributed by atoms with Gasteiger partial charge in [-0.1, -0.05) is 31.9 Å². The van der Waals surface area contributed by atoms with E-state index in [1.807, 2.05) is 13.8 Å². The highest BCUT2D eigenvalue weighted by molar-refractivity contribution is 6.30. The van der Waals surface area contributed by atoms with Crippen LogP contribution in [0.4, 0.5) is 8.78 Å². The number of rotatable bonds is 3. The Morgan fingerprint density at radius 2 is 2.00 bits per heavy atom. The van der Waals surface area contributed by atoms with E-state index >= 15 is 0 Å². The third-order valence-electron chi connectivity index (χ3n) is 2.67. The van der Waals surface area contributed by atoms with Crippen LogP contribution in [-0.4, -0.2) is 0 Å². The fourth-order valence-electron chi connectivity index (χ4n) is 1.39. The third-order valence-corrected chi connectivity index (χ3v) is 2.96. The fraction of sp³-hybridized carbons (Fsp3) is 0.455. The monoisotopic (exact) mass is 233 g/mol. The maximum Gasteiger partial charge on any atom is 0.149 e. The Morgan fingerprint density at radius 1 is 1.40 bits per heavy atom. The van der Waals surface area contributed by atoms with Gasteiger partial charge in [0.25, 0.3) is 0 Å². The molecule has 0 bridgehead atoms. The quantitative estimate of drug-likeness (QED) is 0.793. The second-order valence-electron chi connectivity index (χ2n) is 3.67. The summed E-state index contributed by atoms with van der Waals surface area (Å²) in [6.07, 6.45) is 0.757. The van der Waals surface area contributed by atoms with Crippen LogP contribution in [0.15, 0.2) is 12.1 Å². The van der Waals surface area contributed by atoms with Crippen LogP contribution < -0.4 is 5.73 Å². The molecule has 0 saturated carbocycles. The smallest absolute Gasteiger partial charge is 0.149 e. The standard InChI is InChI=1S/C11H14ClF2N/c1-3-6(2)11(15)9-8(13)5-4-7(12)10(9)14/h4-6,11H,3,15H2,1-2H3/t6?,11-/m0/s1. The zero-order valence-electron chi connectivity index (χ0n) is 8.73. The maximum atomic E-state index is 13.6. The first-order valence-corrected chi connectivity index (χ1v) is 5.25. The van der Waals surface area contributed by atoms with Crippen molar-refractivity contribution in [1.29, 1.82) is 0 Å². The van der Waals surface area contributed by atoms with E-state index in [1.165, 1.54) is 6.07 Å². The molecule has 15 heavy (non-hydrogen) atoms. The minimum atomic E-state index is -0.746. The molecule has 1 rings (SSSR count). The molecule has 84 valence electrons. The molecule has 0 amide bonds. The zero-order valence-corrected chi connectivity index (χ0v) is 9.48. The largest absolute Gasteiger partial charge is 0.324 e. The molecule has 0 spiro atoms. The van der Waals surface area contributed by atoms with Crippen LogP contribution in [0, 0.1) is 17.6 Å². The van der Waals surface area contributed by atoms with E-state index in [1.54, 1.807) is 0 Å². The molecule has 0 aliphatic carbocycles. The van der Waals surface area contributed by atoms with E-state index in [9.17, 15) is 8.78 Å². The topological polar surface area (TPSA) is 26.0 Å². The lowest BCUT2D eigenvalue weighted by Gasteiger charge is -2.20. The van der Waals surface area contributed by atoms with Crippen molar-refractivity contribution in [1.82, 2.24) is 0 Å². The Balaban J connectivity index is 3.18. The van der Waals surface area contributed by atoms with Gasteiger partial charge in [-0.05, 0) is 18.1 Å². The van der Waals surface area contributed by atoms with Gasteiger partial charge in [-0.3, -0.25) is 0 Å².